The Bertz CT molecular complexity index is 576. The van der Waals surface area contributed by atoms with Gasteiger partial charge in [0.05, 0.1) is 6.33 Å². The first-order valence-electron chi connectivity index (χ1n) is 3.95. The Balaban J connectivity index is 2.66. The summed E-state index contributed by atoms with van der Waals surface area (Å²) >= 11 is 0. The summed E-state index contributed by atoms with van der Waals surface area (Å²) in [4.78, 5) is 12.7. The second-order valence-corrected chi connectivity index (χ2v) is 2.93. The minimum atomic E-state index is 0.843. The van der Waals surface area contributed by atoms with Crippen LogP contribution in [-0.2, 0) is 7.05 Å². The predicted molar refractivity (Wildman–Crippen MR) is 47.3 cm³/mol. The molecule has 0 aliphatic carbocycles. The van der Waals surface area contributed by atoms with E-state index in [2.05, 4.69) is 15.0 Å². The molecule has 0 aliphatic heterocycles. The SMILES string of the molecule is Cn1cnc2c1ncn1ccnc21. The van der Waals surface area contributed by atoms with Gasteiger partial charge < -0.3 is 4.57 Å². The van der Waals surface area contributed by atoms with E-state index in [0.717, 1.165) is 16.8 Å². The highest BCUT2D eigenvalue weighted by Gasteiger charge is 2.06. The molecule has 13 heavy (non-hydrogen) atoms. The van der Waals surface area contributed by atoms with Gasteiger partial charge >= 0.3 is 0 Å². The second-order valence-electron chi connectivity index (χ2n) is 2.93. The number of hydrogen-bond acceptors (Lipinski definition) is 3. The number of nitrogens with zero attached hydrogens (tertiary/aromatic N) is 5. The standard InChI is InChI=1S/C8H7N5/c1-12-4-10-6-7(12)11-5-13-3-2-9-8(6)13/h2-5H,1H3. The van der Waals surface area contributed by atoms with E-state index in [1.165, 1.54) is 0 Å². The maximum absolute atomic E-state index is 4.26. The normalized spacial score (nSPS) is 11.5. The zero-order chi connectivity index (χ0) is 8.84. The molecule has 0 aliphatic rings. The van der Waals surface area contributed by atoms with Crippen molar-refractivity contribution in [2.45, 2.75) is 0 Å². The number of hydrogen-bond donors (Lipinski definition) is 0. The third-order valence-corrected chi connectivity index (χ3v) is 2.09. The summed E-state index contributed by atoms with van der Waals surface area (Å²) < 4.78 is 3.74. The largest absolute Gasteiger partial charge is 0.318 e. The summed E-state index contributed by atoms with van der Waals surface area (Å²) in [5.74, 6) is 0. The Kier molecular flexibility index (Phi) is 1.05. The lowest BCUT2D eigenvalue weighted by molar-refractivity contribution is 0.925. The van der Waals surface area contributed by atoms with Gasteiger partial charge in [-0.3, -0.25) is 4.40 Å². The van der Waals surface area contributed by atoms with Crippen LogP contribution in [0.5, 0.6) is 0 Å². The molecule has 5 heteroatoms. The summed E-state index contributed by atoms with van der Waals surface area (Å²) in [5, 5.41) is 0. The average molecular weight is 173 g/mol. The first-order valence-corrected chi connectivity index (χ1v) is 3.95. The van der Waals surface area contributed by atoms with Crippen molar-refractivity contribution in [1.82, 2.24) is 23.9 Å². The molecule has 3 rings (SSSR count). The maximum atomic E-state index is 4.26. The highest BCUT2D eigenvalue weighted by Crippen LogP contribution is 2.12. The molecule has 0 aromatic carbocycles. The smallest absolute Gasteiger partial charge is 0.167 e. The van der Waals surface area contributed by atoms with Gasteiger partial charge in [-0.2, -0.15) is 0 Å². The molecule has 0 radical (unpaired) electrons. The first kappa shape index (κ1) is 6.59. The molecular formula is C8H7N5. The summed E-state index contributed by atoms with van der Waals surface area (Å²) in [6.07, 6.45) is 7.08. The minimum absolute atomic E-state index is 0.843. The van der Waals surface area contributed by atoms with Gasteiger partial charge in [-0.1, -0.05) is 0 Å². The Hall–Kier alpha value is -1.91. The van der Waals surface area contributed by atoms with Crippen LogP contribution in [0.4, 0.5) is 0 Å². The Morgan fingerprint density at radius 2 is 2.00 bits per heavy atom. The van der Waals surface area contributed by atoms with Crippen molar-refractivity contribution < 1.29 is 0 Å². The van der Waals surface area contributed by atoms with Crippen LogP contribution in [0.1, 0.15) is 0 Å². The Morgan fingerprint density at radius 3 is 2.92 bits per heavy atom. The molecule has 0 saturated heterocycles. The second kappa shape index (κ2) is 2.07. The lowest BCUT2D eigenvalue weighted by Crippen LogP contribution is -1.91. The Labute approximate surface area is 73.7 Å². The van der Waals surface area contributed by atoms with Gasteiger partial charge in [0.2, 0.25) is 0 Å². The molecular weight excluding hydrogens is 166 g/mol. The lowest BCUT2D eigenvalue weighted by Gasteiger charge is -1.94. The summed E-state index contributed by atoms with van der Waals surface area (Å²) in [6.45, 7) is 0. The van der Waals surface area contributed by atoms with Crippen LogP contribution in [0.3, 0.4) is 0 Å². The van der Waals surface area contributed by atoms with E-state index in [1.807, 2.05) is 22.2 Å². The fourth-order valence-corrected chi connectivity index (χ4v) is 1.44. The molecule has 5 nitrogen and oxygen atoms in total. The summed E-state index contributed by atoms with van der Waals surface area (Å²) in [6, 6.07) is 0. The first-order chi connectivity index (χ1) is 6.36. The van der Waals surface area contributed by atoms with E-state index in [1.54, 1.807) is 18.9 Å². The van der Waals surface area contributed by atoms with Crippen molar-refractivity contribution in [2.75, 3.05) is 0 Å². The molecule has 0 bridgehead atoms. The van der Waals surface area contributed by atoms with E-state index < -0.39 is 0 Å². The third-order valence-electron chi connectivity index (χ3n) is 2.09. The van der Waals surface area contributed by atoms with Crippen LogP contribution in [0.25, 0.3) is 16.8 Å². The fraction of sp³-hybridized carbons (Fsp3) is 0.125. The molecule has 3 aromatic rings. The fourth-order valence-electron chi connectivity index (χ4n) is 1.44. The van der Waals surface area contributed by atoms with Crippen molar-refractivity contribution in [2.24, 2.45) is 7.05 Å². The quantitative estimate of drug-likeness (QED) is 0.500. The molecule has 0 N–H and O–H groups in total. The van der Waals surface area contributed by atoms with E-state index in [0.29, 0.717) is 0 Å². The molecule has 0 spiro atoms. The van der Waals surface area contributed by atoms with Crippen LogP contribution >= 0.6 is 0 Å². The average Bonchev–Trinajstić information content (AvgIpc) is 2.70. The van der Waals surface area contributed by atoms with Crippen molar-refractivity contribution in [3.63, 3.8) is 0 Å². The van der Waals surface area contributed by atoms with E-state index in [-0.39, 0.29) is 0 Å². The van der Waals surface area contributed by atoms with E-state index in [9.17, 15) is 0 Å². The number of rotatable bonds is 0. The van der Waals surface area contributed by atoms with E-state index >= 15 is 0 Å². The molecule has 0 atom stereocenters. The molecule has 0 saturated carbocycles. The number of aromatic nitrogens is 5. The van der Waals surface area contributed by atoms with Gasteiger partial charge in [-0.05, 0) is 0 Å². The third kappa shape index (κ3) is 0.729. The van der Waals surface area contributed by atoms with Gasteiger partial charge in [0.25, 0.3) is 0 Å². The highest BCUT2D eigenvalue weighted by atomic mass is 15.1. The van der Waals surface area contributed by atoms with Gasteiger partial charge in [-0.15, -0.1) is 0 Å². The Morgan fingerprint density at radius 1 is 1.08 bits per heavy atom. The molecule has 0 amide bonds. The number of aryl methyl sites for hydroxylation is 1. The van der Waals surface area contributed by atoms with Crippen LogP contribution in [0.2, 0.25) is 0 Å². The topological polar surface area (TPSA) is 48.0 Å². The zero-order valence-electron chi connectivity index (χ0n) is 7.05. The van der Waals surface area contributed by atoms with Gasteiger partial charge in [0.1, 0.15) is 6.33 Å². The van der Waals surface area contributed by atoms with Crippen LogP contribution in [0.15, 0.2) is 25.0 Å². The van der Waals surface area contributed by atoms with Gasteiger partial charge in [0, 0.05) is 19.4 Å². The van der Waals surface area contributed by atoms with Gasteiger partial charge in [0.15, 0.2) is 16.8 Å². The molecule has 64 valence electrons. The van der Waals surface area contributed by atoms with Crippen molar-refractivity contribution in [1.29, 1.82) is 0 Å². The molecule has 0 fully saturated rings. The number of imidazole rings is 2. The predicted octanol–water partition coefficient (Wildman–Crippen LogP) is 0.616. The van der Waals surface area contributed by atoms with Crippen molar-refractivity contribution in [3.05, 3.63) is 25.0 Å². The summed E-state index contributed by atoms with van der Waals surface area (Å²) in [5.41, 5.74) is 2.55. The van der Waals surface area contributed by atoms with Crippen LogP contribution < -0.4 is 0 Å². The lowest BCUT2D eigenvalue weighted by atomic mass is 10.5. The van der Waals surface area contributed by atoms with E-state index in [4.69, 9.17) is 0 Å². The highest BCUT2D eigenvalue weighted by molar-refractivity contribution is 5.84. The van der Waals surface area contributed by atoms with Crippen LogP contribution in [0, 0.1) is 0 Å². The monoisotopic (exact) mass is 173 g/mol. The van der Waals surface area contributed by atoms with Gasteiger partial charge in [-0.25, -0.2) is 15.0 Å². The molecule has 3 heterocycles. The van der Waals surface area contributed by atoms with Crippen molar-refractivity contribution in [3.8, 4) is 0 Å². The number of fused-ring (bicyclic) bond motifs is 3. The summed E-state index contributed by atoms with van der Waals surface area (Å²) in [7, 11) is 1.92. The minimum Gasteiger partial charge on any atom is -0.318 e. The zero-order valence-corrected chi connectivity index (χ0v) is 7.05. The van der Waals surface area contributed by atoms with Crippen LogP contribution in [-0.4, -0.2) is 23.9 Å². The maximum Gasteiger partial charge on any atom is 0.167 e. The molecule has 3 aromatic heterocycles. The molecule has 0 unspecified atom stereocenters. The van der Waals surface area contributed by atoms with Crippen molar-refractivity contribution >= 4 is 16.8 Å².